The van der Waals surface area contributed by atoms with Gasteiger partial charge in [-0.1, -0.05) is 46.8 Å². The van der Waals surface area contributed by atoms with Gasteiger partial charge in [-0.3, -0.25) is 23.7 Å². The third-order valence-electron chi connectivity index (χ3n) is 7.67. The highest BCUT2D eigenvalue weighted by Gasteiger charge is 2.56. The molecule has 232 valence electrons. The van der Waals surface area contributed by atoms with E-state index in [1.807, 2.05) is 43.3 Å². The molecular weight excluding hydrogens is 658 g/mol. The van der Waals surface area contributed by atoms with E-state index >= 15 is 0 Å². The number of nitrogens with two attached hydrogens (primary N) is 1. The Hall–Kier alpha value is -3.95. The normalized spacial score (nSPS) is 19.3. The number of halogens is 1. The summed E-state index contributed by atoms with van der Waals surface area (Å²) in [7, 11) is -0.0787. The number of rotatable bonds is 7. The monoisotopic (exact) mass is 683 g/mol. The van der Waals surface area contributed by atoms with E-state index in [1.165, 1.54) is 33.7 Å². The molecule has 2 aliphatic rings. The van der Waals surface area contributed by atoms with Crippen molar-refractivity contribution in [2.75, 3.05) is 29.2 Å². The molecule has 4 aromatic rings. The molecule has 0 bridgehead atoms. The van der Waals surface area contributed by atoms with Gasteiger partial charge in [-0.15, -0.1) is 0 Å². The number of thiazole rings is 1. The Morgan fingerprint density at radius 1 is 0.956 bits per heavy atom. The van der Waals surface area contributed by atoms with Crippen LogP contribution in [0.15, 0.2) is 87.5 Å². The van der Waals surface area contributed by atoms with E-state index in [1.54, 1.807) is 24.3 Å². The number of nitrogens with zero attached hydrogens (tertiary/aromatic N) is 3. The van der Waals surface area contributed by atoms with Crippen LogP contribution < -0.4 is 25.1 Å². The molecule has 3 amide bonds. The minimum absolute atomic E-state index is 0.109. The summed E-state index contributed by atoms with van der Waals surface area (Å²) in [4.78, 5) is 57.6. The van der Waals surface area contributed by atoms with Gasteiger partial charge in [0.05, 0.1) is 21.5 Å². The molecule has 45 heavy (non-hydrogen) atoms. The number of benzene rings is 3. The maximum Gasteiger partial charge on any atom is 0.308 e. The zero-order valence-corrected chi connectivity index (χ0v) is 27.0. The van der Waals surface area contributed by atoms with Crippen LogP contribution in [0.4, 0.5) is 17.1 Å². The molecule has 1 aromatic heterocycles. The Balaban J connectivity index is 1.37. The SMILES string of the molecule is CN(C)c1ccc([C@@H]2c3sc(=O)n(CC(=O)Nc4ccc(S(N)(=O)=O)cc4)c3S[C@H]3C(=O)N(c4ccc(Cl)cc4)C(=O)[C@@H]23)cc1. The second-order valence-corrected chi connectivity index (χ2v) is 14.9. The third kappa shape index (κ3) is 5.79. The second kappa shape index (κ2) is 11.8. The van der Waals surface area contributed by atoms with Crippen molar-refractivity contribution in [2.45, 2.75) is 27.6 Å². The first-order valence-electron chi connectivity index (χ1n) is 13.6. The third-order valence-corrected chi connectivity index (χ3v) is 11.5. The highest BCUT2D eigenvalue weighted by molar-refractivity contribution is 8.00. The number of sulfonamides is 1. The Labute approximate surface area is 271 Å². The first-order chi connectivity index (χ1) is 21.3. The number of hydrogen-bond acceptors (Lipinski definition) is 9. The number of fused-ring (bicyclic) bond motifs is 2. The molecule has 3 heterocycles. The molecular formula is C30H26ClN5O6S3. The fourth-order valence-corrected chi connectivity index (χ4v) is 8.93. The molecule has 0 spiro atoms. The summed E-state index contributed by atoms with van der Waals surface area (Å²) in [5.41, 5.74) is 2.42. The summed E-state index contributed by atoms with van der Waals surface area (Å²) in [6, 6.07) is 19.4. The summed E-state index contributed by atoms with van der Waals surface area (Å²) >= 11 is 8.12. The topological polar surface area (TPSA) is 152 Å². The number of primary sulfonamides is 1. The largest absolute Gasteiger partial charge is 0.378 e. The molecule has 0 saturated carbocycles. The number of anilines is 3. The molecule has 0 unspecified atom stereocenters. The van der Waals surface area contributed by atoms with Gasteiger partial charge in [0.25, 0.3) is 0 Å². The van der Waals surface area contributed by atoms with Gasteiger partial charge >= 0.3 is 4.87 Å². The van der Waals surface area contributed by atoms with E-state index in [4.69, 9.17) is 16.7 Å². The zero-order valence-electron chi connectivity index (χ0n) is 23.8. The second-order valence-electron chi connectivity index (χ2n) is 10.8. The number of aromatic nitrogens is 1. The lowest BCUT2D eigenvalue weighted by molar-refractivity contribution is -0.122. The maximum absolute atomic E-state index is 14.0. The predicted octanol–water partition coefficient (Wildman–Crippen LogP) is 3.71. The smallest absolute Gasteiger partial charge is 0.308 e. The average molecular weight is 684 g/mol. The van der Waals surface area contributed by atoms with Crippen LogP contribution in [-0.2, 0) is 31.0 Å². The van der Waals surface area contributed by atoms with E-state index in [0.717, 1.165) is 34.3 Å². The molecule has 6 rings (SSSR count). The Kier molecular flexibility index (Phi) is 8.12. The number of nitrogens with one attached hydrogen (secondary N) is 1. The van der Waals surface area contributed by atoms with Crippen molar-refractivity contribution in [1.29, 1.82) is 0 Å². The Bertz CT molecular complexity index is 1990. The predicted molar refractivity (Wildman–Crippen MR) is 175 cm³/mol. The lowest BCUT2D eigenvalue weighted by Crippen LogP contribution is -2.33. The zero-order chi connectivity index (χ0) is 32.2. The van der Waals surface area contributed by atoms with Crippen LogP contribution in [0, 0.1) is 5.92 Å². The molecule has 1 saturated heterocycles. The van der Waals surface area contributed by atoms with E-state index in [9.17, 15) is 27.6 Å². The number of hydrogen-bond donors (Lipinski definition) is 2. The summed E-state index contributed by atoms with van der Waals surface area (Å²) in [6.07, 6.45) is 0. The number of carbonyl (C=O) groups excluding carboxylic acids is 3. The number of imide groups is 1. The van der Waals surface area contributed by atoms with Crippen LogP contribution in [0.1, 0.15) is 16.4 Å². The van der Waals surface area contributed by atoms with E-state index in [0.29, 0.717) is 26.3 Å². The van der Waals surface area contributed by atoms with Crippen LogP contribution in [0.2, 0.25) is 5.02 Å². The van der Waals surface area contributed by atoms with Gasteiger partial charge in [-0.25, -0.2) is 18.5 Å². The first-order valence-corrected chi connectivity index (χ1v) is 17.2. The van der Waals surface area contributed by atoms with Gasteiger partial charge in [-0.05, 0) is 66.2 Å². The lowest BCUT2D eigenvalue weighted by Gasteiger charge is -2.31. The molecule has 0 radical (unpaired) electrons. The van der Waals surface area contributed by atoms with E-state index in [2.05, 4.69) is 5.32 Å². The molecule has 1 fully saturated rings. The standard InChI is InChI=1S/C30H26ClN5O6S3/c1-34(2)19-9-3-16(4-10-19)23-24-25(28(39)36(27(24)38)20-11-5-17(31)6-12-20)43-29-26(23)44-30(40)35(29)15-22(37)33-18-7-13-21(14-8-18)45(32,41)42/h3-14,23-25H,15H2,1-2H3,(H,33,37)(H2,32,41,42)/t23-,24-,25+/m0/s1. The molecule has 11 nitrogen and oxygen atoms in total. The van der Waals surface area contributed by atoms with Crippen LogP contribution in [0.5, 0.6) is 0 Å². The van der Waals surface area contributed by atoms with Gasteiger partial charge in [0.2, 0.25) is 27.7 Å². The van der Waals surface area contributed by atoms with Crippen LogP contribution >= 0.6 is 34.7 Å². The maximum atomic E-state index is 14.0. The van der Waals surface area contributed by atoms with Gasteiger partial charge in [-0.2, -0.15) is 0 Å². The number of thioether (sulfide) groups is 1. The van der Waals surface area contributed by atoms with Crippen molar-refractivity contribution in [2.24, 2.45) is 11.1 Å². The van der Waals surface area contributed by atoms with Crippen LogP contribution in [0.3, 0.4) is 0 Å². The molecule has 3 aromatic carbocycles. The minimum atomic E-state index is -3.90. The molecule has 15 heteroatoms. The summed E-state index contributed by atoms with van der Waals surface area (Å²) in [6.45, 7) is -0.360. The van der Waals surface area contributed by atoms with Crippen LogP contribution in [-0.4, -0.2) is 50.1 Å². The Morgan fingerprint density at radius 3 is 2.20 bits per heavy atom. The highest BCUT2D eigenvalue weighted by Crippen LogP contribution is 2.54. The van der Waals surface area contributed by atoms with Gasteiger partial charge in [0.1, 0.15) is 11.8 Å². The fourth-order valence-electron chi connectivity index (χ4n) is 5.51. The van der Waals surface area contributed by atoms with Gasteiger partial charge < -0.3 is 10.2 Å². The highest BCUT2D eigenvalue weighted by atomic mass is 35.5. The minimum Gasteiger partial charge on any atom is -0.378 e. The van der Waals surface area contributed by atoms with Crippen molar-refractivity contribution in [3.63, 3.8) is 0 Å². The van der Waals surface area contributed by atoms with Crippen molar-refractivity contribution in [3.05, 3.63) is 97.9 Å². The van der Waals surface area contributed by atoms with Crippen molar-refractivity contribution < 1.29 is 22.8 Å². The van der Waals surface area contributed by atoms with Gasteiger partial charge in [0.15, 0.2) is 0 Å². The quantitative estimate of drug-likeness (QED) is 0.280. The molecule has 3 atom stereocenters. The van der Waals surface area contributed by atoms with Crippen molar-refractivity contribution >= 4 is 79.5 Å². The van der Waals surface area contributed by atoms with Crippen molar-refractivity contribution in [3.8, 4) is 0 Å². The molecule has 0 aliphatic carbocycles. The number of carbonyl (C=O) groups is 3. The molecule has 2 aliphatic heterocycles. The first kappa shape index (κ1) is 31.0. The van der Waals surface area contributed by atoms with Crippen molar-refractivity contribution in [1.82, 2.24) is 4.57 Å². The summed E-state index contributed by atoms with van der Waals surface area (Å²) < 4.78 is 24.4. The van der Waals surface area contributed by atoms with Gasteiger partial charge in [0, 0.05) is 41.3 Å². The average Bonchev–Trinajstić information content (AvgIpc) is 3.43. The van der Waals surface area contributed by atoms with Crippen LogP contribution in [0.25, 0.3) is 0 Å². The summed E-state index contributed by atoms with van der Waals surface area (Å²) in [5, 5.41) is 7.89. The summed E-state index contributed by atoms with van der Waals surface area (Å²) in [5.74, 6) is -2.72. The van der Waals surface area contributed by atoms with E-state index in [-0.39, 0.29) is 17.3 Å². The molecule has 3 N–H and O–H groups in total. The lowest BCUT2D eigenvalue weighted by atomic mass is 9.83. The fraction of sp³-hybridized carbons (Fsp3) is 0.200. The van der Waals surface area contributed by atoms with E-state index < -0.39 is 43.8 Å². The number of amides is 3. The Morgan fingerprint density at radius 2 is 1.60 bits per heavy atom.